The Kier molecular flexibility index (Phi) is 7.17. The Hall–Kier alpha value is -3.38. The van der Waals surface area contributed by atoms with Gasteiger partial charge in [0.25, 0.3) is 0 Å². The average Bonchev–Trinajstić information content (AvgIpc) is 2.84. The van der Waals surface area contributed by atoms with E-state index in [0.29, 0.717) is 11.1 Å². The van der Waals surface area contributed by atoms with Crippen LogP contribution in [-0.4, -0.2) is 42.1 Å². The van der Waals surface area contributed by atoms with Gasteiger partial charge >= 0.3 is 0 Å². The number of amides is 1. The van der Waals surface area contributed by atoms with Gasteiger partial charge in [0.1, 0.15) is 11.6 Å². The molecular weight excluding hydrogens is 429 g/mol. The molecule has 3 aromatic carbocycles. The number of carbonyl (C=O) groups is 1. The predicted octanol–water partition coefficient (Wildman–Crippen LogP) is 5.13. The molecule has 1 saturated heterocycles. The van der Waals surface area contributed by atoms with E-state index in [1.165, 1.54) is 0 Å². The van der Waals surface area contributed by atoms with Gasteiger partial charge in [-0.05, 0) is 66.4 Å². The van der Waals surface area contributed by atoms with Gasteiger partial charge in [-0.25, -0.2) is 4.39 Å². The first-order chi connectivity index (χ1) is 16.4. The first-order valence-corrected chi connectivity index (χ1v) is 11.9. The van der Waals surface area contributed by atoms with Gasteiger partial charge < -0.3 is 15.7 Å². The molecule has 34 heavy (non-hydrogen) atoms. The number of hydrogen-bond acceptors (Lipinski definition) is 4. The molecule has 5 nitrogen and oxygen atoms in total. The summed E-state index contributed by atoms with van der Waals surface area (Å²) in [5.41, 5.74) is 10.4. The highest BCUT2D eigenvalue weighted by atomic mass is 19.1. The van der Waals surface area contributed by atoms with Crippen LogP contribution in [0.15, 0.2) is 60.7 Å². The lowest BCUT2D eigenvalue weighted by atomic mass is 9.99. The molecule has 1 atom stereocenters. The zero-order valence-electron chi connectivity index (χ0n) is 19.8. The van der Waals surface area contributed by atoms with Crippen molar-refractivity contribution in [1.29, 1.82) is 0 Å². The standard InChI is InChI=1S/C28H32FN3O2/c1-3-5-22-16-23(9-11-26(22)28(30)34)32-14-12-31(13-15-32)19(2)25-10-8-21(18-27(25)29)20-6-4-7-24(33)17-20/h4,6-11,16-19,33H,3,5,12-15H2,1-2H3,(H2,30,34). The van der Waals surface area contributed by atoms with Crippen molar-refractivity contribution in [1.82, 2.24) is 4.90 Å². The number of primary amides is 1. The first kappa shape index (κ1) is 23.8. The number of rotatable bonds is 7. The summed E-state index contributed by atoms with van der Waals surface area (Å²) >= 11 is 0. The number of anilines is 1. The second-order valence-electron chi connectivity index (χ2n) is 8.94. The summed E-state index contributed by atoms with van der Waals surface area (Å²) in [5, 5.41) is 9.72. The molecule has 3 N–H and O–H groups in total. The fourth-order valence-electron chi connectivity index (χ4n) is 4.79. The monoisotopic (exact) mass is 461 g/mol. The molecule has 0 spiro atoms. The van der Waals surface area contributed by atoms with Crippen LogP contribution in [0.5, 0.6) is 5.75 Å². The van der Waals surface area contributed by atoms with E-state index in [9.17, 15) is 9.90 Å². The van der Waals surface area contributed by atoms with E-state index in [1.807, 2.05) is 37.3 Å². The van der Waals surface area contributed by atoms with Crippen molar-refractivity contribution in [2.45, 2.75) is 32.7 Å². The van der Waals surface area contributed by atoms with Crippen LogP contribution in [0.2, 0.25) is 0 Å². The molecular formula is C28H32FN3O2. The maximum absolute atomic E-state index is 15.1. The number of piperazine rings is 1. The SMILES string of the molecule is CCCc1cc(N2CCN(C(C)c3ccc(-c4cccc(O)c4)cc3F)CC2)ccc1C(N)=O. The van der Waals surface area contributed by atoms with Gasteiger partial charge in [0.05, 0.1) is 0 Å². The molecule has 1 fully saturated rings. The van der Waals surface area contributed by atoms with Crippen molar-refractivity contribution in [3.63, 3.8) is 0 Å². The summed E-state index contributed by atoms with van der Waals surface area (Å²) in [4.78, 5) is 16.4. The van der Waals surface area contributed by atoms with Gasteiger partial charge in [-0.3, -0.25) is 9.69 Å². The molecule has 6 heteroatoms. The van der Waals surface area contributed by atoms with E-state index in [0.717, 1.165) is 61.4 Å². The molecule has 1 unspecified atom stereocenters. The lowest BCUT2D eigenvalue weighted by Crippen LogP contribution is -2.47. The fraction of sp³-hybridized carbons (Fsp3) is 0.321. The number of aryl methyl sites for hydroxylation is 1. The lowest BCUT2D eigenvalue weighted by molar-refractivity contribution is 0.0999. The molecule has 1 aliphatic heterocycles. The predicted molar refractivity (Wildman–Crippen MR) is 135 cm³/mol. The first-order valence-electron chi connectivity index (χ1n) is 11.9. The Morgan fingerprint density at radius 2 is 1.76 bits per heavy atom. The van der Waals surface area contributed by atoms with Gasteiger partial charge in [0.2, 0.25) is 5.91 Å². The van der Waals surface area contributed by atoms with Crippen LogP contribution in [0.1, 0.15) is 47.8 Å². The number of phenolic OH excluding ortho intramolecular Hbond substituents is 1. The summed E-state index contributed by atoms with van der Waals surface area (Å²) < 4.78 is 15.1. The number of benzene rings is 3. The molecule has 0 bridgehead atoms. The van der Waals surface area contributed by atoms with Crippen molar-refractivity contribution in [3.8, 4) is 16.9 Å². The van der Waals surface area contributed by atoms with Crippen molar-refractivity contribution in [2.75, 3.05) is 31.1 Å². The lowest BCUT2D eigenvalue weighted by Gasteiger charge is -2.39. The Morgan fingerprint density at radius 3 is 2.41 bits per heavy atom. The van der Waals surface area contributed by atoms with E-state index in [2.05, 4.69) is 22.8 Å². The summed E-state index contributed by atoms with van der Waals surface area (Å²) in [5.74, 6) is -0.452. The second kappa shape index (κ2) is 10.3. The quantitative estimate of drug-likeness (QED) is 0.512. The minimum atomic E-state index is -0.384. The van der Waals surface area contributed by atoms with E-state index in [1.54, 1.807) is 24.3 Å². The molecule has 0 aliphatic carbocycles. The third kappa shape index (κ3) is 5.07. The van der Waals surface area contributed by atoms with E-state index < -0.39 is 0 Å². The van der Waals surface area contributed by atoms with E-state index in [4.69, 9.17) is 5.73 Å². The number of aromatic hydroxyl groups is 1. The molecule has 1 aliphatic rings. The van der Waals surface area contributed by atoms with Crippen LogP contribution >= 0.6 is 0 Å². The third-order valence-electron chi connectivity index (χ3n) is 6.73. The van der Waals surface area contributed by atoms with Crippen LogP contribution in [0, 0.1) is 5.82 Å². The van der Waals surface area contributed by atoms with Crippen LogP contribution < -0.4 is 10.6 Å². The topological polar surface area (TPSA) is 69.8 Å². The summed E-state index contributed by atoms with van der Waals surface area (Å²) in [7, 11) is 0. The summed E-state index contributed by atoms with van der Waals surface area (Å²) in [6.45, 7) is 7.42. The zero-order chi connectivity index (χ0) is 24.2. The molecule has 4 rings (SSSR count). The number of phenols is 1. The number of carbonyl (C=O) groups excluding carboxylic acids is 1. The minimum absolute atomic E-state index is 0.0479. The minimum Gasteiger partial charge on any atom is -0.508 e. The van der Waals surface area contributed by atoms with Crippen molar-refractivity contribution in [3.05, 3.63) is 83.2 Å². The summed E-state index contributed by atoms with van der Waals surface area (Å²) in [6.07, 6.45) is 1.77. The van der Waals surface area contributed by atoms with Gasteiger partial charge in [-0.2, -0.15) is 0 Å². The highest BCUT2D eigenvalue weighted by Gasteiger charge is 2.25. The van der Waals surface area contributed by atoms with Crippen LogP contribution in [-0.2, 0) is 6.42 Å². The number of nitrogens with two attached hydrogens (primary N) is 1. The van der Waals surface area contributed by atoms with Crippen LogP contribution in [0.3, 0.4) is 0 Å². The van der Waals surface area contributed by atoms with Crippen molar-refractivity contribution < 1.29 is 14.3 Å². The van der Waals surface area contributed by atoms with Crippen molar-refractivity contribution in [2.24, 2.45) is 5.73 Å². The Balaban J connectivity index is 1.44. The van der Waals surface area contributed by atoms with Crippen molar-refractivity contribution >= 4 is 11.6 Å². The number of nitrogens with zero attached hydrogens (tertiary/aromatic N) is 2. The largest absolute Gasteiger partial charge is 0.508 e. The molecule has 1 heterocycles. The van der Waals surface area contributed by atoms with Gasteiger partial charge in [0, 0.05) is 49.0 Å². The van der Waals surface area contributed by atoms with E-state index in [-0.39, 0.29) is 23.5 Å². The highest BCUT2D eigenvalue weighted by molar-refractivity contribution is 5.94. The maximum Gasteiger partial charge on any atom is 0.248 e. The third-order valence-corrected chi connectivity index (χ3v) is 6.73. The second-order valence-corrected chi connectivity index (χ2v) is 8.94. The van der Waals surface area contributed by atoms with E-state index >= 15 is 4.39 Å². The molecule has 1 amide bonds. The van der Waals surface area contributed by atoms with Crippen LogP contribution in [0.4, 0.5) is 10.1 Å². The fourth-order valence-corrected chi connectivity index (χ4v) is 4.79. The van der Waals surface area contributed by atoms with Gasteiger partial charge in [-0.15, -0.1) is 0 Å². The molecule has 3 aromatic rings. The Labute approximate surface area is 200 Å². The molecule has 0 saturated carbocycles. The smallest absolute Gasteiger partial charge is 0.248 e. The van der Waals surface area contributed by atoms with Gasteiger partial charge in [0.15, 0.2) is 0 Å². The Bertz CT molecular complexity index is 1170. The molecule has 0 aromatic heterocycles. The number of halogens is 1. The molecule has 178 valence electrons. The number of hydrogen-bond donors (Lipinski definition) is 2. The Morgan fingerprint density at radius 1 is 1.03 bits per heavy atom. The molecule has 0 radical (unpaired) electrons. The summed E-state index contributed by atoms with van der Waals surface area (Å²) in [6, 6.07) is 18.0. The highest BCUT2D eigenvalue weighted by Crippen LogP contribution is 2.30. The maximum atomic E-state index is 15.1. The normalized spacial score (nSPS) is 15.3. The zero-order valence-corrected chi connectivity index (χ0v) is 19.8. The van der Waals surface area contributed by atoms with Crippen LogP contribution in [0.25, 0.3) is 11.1 Å². The van der Waals surface area contributed by atoms with Gasteiger partial charge in [-0.1, -0.05) is 37.6 Å². The average molecular weight is 462 g/mol.